The number of rotatable bonds is 7. The molecule has 0 saturated carbocycles. The van der Waals surface area contributed by atoms with Crippen LogP contribution in [-0.2, 0) is 40.0 Å². The third-order valence-electron chi connectivity index (χ3n) is 4.97. The average Bonchev–Trinajstić information content (AvgIpc) is 3.18. The summed E-state index contributed by atoms with van der Waals surface area (Å²) in [5.74, 6) is -2.23. The second-order valence-electron chi connectivity index (χ2n) is 8.85. The predicted molar refractivity (Wildman–Crippen MR) is 127 cm³/mol. The fourth-order valence-electron chi connectivity index (χ4n) is 3.60. The number of benzene rings is 1. The van der Waals surface area contributed by atoms with Crippen LogP contribution in [-0.4, -0.2) is 33.3 Å². The number of aromatic nitrogens is 2. The number of alkyl halides is 3. The molecule has 0 bridgehead atoms. The summed E-state index contributed by atoms with van der Waals surface area (Å²) in [5.41, 5.74) is -3.97. The molecule has 0 amide bonds. The Morgan fingerprint density at radius 3 is 2.22 bits per heavy atom. The molecule has 0 unspecified atom stereocenters. The summed E-state index contributed by atoms with van der Waals surface area (Å²) in [4.78, 5) is 50.2. The number of carbonyl (C=O) groups excluding carboxylic acids is 2. The molecule has 0 aliphatic heterocycles. The lowest BCUT2D eigenvalue weighted by Gasteiger charge is -2.20. The number of nitrogens with zero attached hydrogens (tertiary/aromatic N) is 2. The summed E-state index contributed by atoms with van der Waals surface area (Å²) >= 11 is 0.365. The van der Waals surface area contributed by atoms with E-state index in [1.165, 1.54) is 6.92 Å². The molecular weight excluding hydrogens is 501 g/mol. The minimum Gasteiger partial charge on any atom is -0.462 e. The Bertz CT molecular complexity index is 1400. The molecule has 0 fully saturated rings. The summed E-state index contributed by atoms with van der Waals surface area (Å²) < 4.78 is 53.8. The number of thiophene rings is 1. The zero-order valence-electron chi connectivity index (χ0n) is 20.1. The van der Waals surface area contributed by atoms with Gasteiger partial charge >= 0.3 is 23.8 Å². The lowest BCUT2D eigenvalue weighted by Crippen LogP contribution is -2.43. The highest BCUT2D eigenvalue weighted by Crippen LogP contribution is 2.41. The molecule has 194 valence electrons. The molecule has 2 aromatic heterocycles. The zero-order valence-corrected chi connectivity index (χ0v) is 20.9. The van der Waals surface area contributed by atoms with E-state index >= 15 is 0 Å². The Balaban J connectivity index is 2.30. The Hall–Kier alpha value is -3.41. The van der Waals surface area contributed by atoms with Crippen LogP contribution in [0.5, 0.6) is 0 Å². The lowest BCUT2D eigenvalue weighted by atomic mass is 10.1. The number of fused-ring (bicyclic) bond motifs is 1. The Morgan fingerprint density at radius 2 is 1.67 bits per heavy atom. The first kappa shape index (κ1) is 27.2. The molecule has 0 aliphatic carbocycles. The first-order valence-corrected chi connectivity index (χ1v) is 11.9. The van der Waals surface area contributed by atoms with Crippen LogP contribution in [0.4, 0.5) is 13.2 Å². The minimum absolute atomic E-state index is 0.103. The Morgan fingerprint density at radius 1 is 1.03 bits per heavy atom. The first-order chi connectivity index (χ1) is 16.7. The Kier molecular flexibility index (Phi) is 7.77. The number of aryl methyl sites for hydroxylation is 2. The molecule has 1 aromatic carbocycles. The van der Waals surface area contributed by atoms with Crippen LogP contribution in [0.25, 0.3) is 10.2 Å². The first-order valence-electron chi connectivity index (χ1n) is 11.0. The molecule has 3 rings (SSSR count). The van der Waals surface area contributed by atoms with E-state index in [1.807, 2.05) is 0 Å². The normalized spacial score (nSPS) is 12.1. The third kappa shape index (κ3) is 5.86. The van der Waals surface area contributed by atoms with Crippen LogP contribution in [0.3, 0.4) is 0 Å². The fourth-order valence-corrected chi connectivity index (χ4v) is 4.82. The molecular formula is C24H25F3N2O6S. The van der Waals surface area contributed by atoms with Crippen molar-refractivity contribution >= 4 is 33.5 Å². The van der Waals surface area contributed by atoms with E-state index in [0.717, 1.165) is 10.1 Å². The van der Waals surface area contributed by atoms with Crippen LogP contribution in [0.15, 0.2) is 39.9 Å². The van der Waals surface area contributed by atoms with E-state index in [9.17, 15) is 32.3 Å². The Labute approximate surface area is 207 Å². The average molecular weight is 527 g/mol. The minimum atomic E-state index is -5.11. The molecule has 0 N–H and O–H groups in total. The topological polar surface area (TPSA) is 96.6 Å². The number of carbonyl (C=O) groups is 2. The second kappa shape index (κ2) is 10.3. The second-order valence-corrected chi connectivity index (χ2v) is 9.85. The van der Waals surface area contributed by atoms with Gasteiger partial charge in [-0.15, -0.1) is 11.3 Å². The van der Waals surface area contributed by atoms with E-state index in [0.29, 0.717) is 15.9 Å². The van der Waals surface area contributed by atoms with Crippen LogP contribution in [0.1, 0.15) is 48.5 Å². The van der Waals surface area contributed by atoms with Gasteiger partial charge in [0.05, 0.1) is 17.6 Å². The number of ether oxygens (including phenoxy) is 2. The quantitative estimate of drug-likeness (QED) is 0.432. The van der Waals surface area contributed by atoms with E-state index < -0.39 is 57.3 Å². The van der Waals surface area contributed by atoms with Crippen LogP contribution < -0.4 is 11.2 Å². The van der Waals surface area contributed by atoms with Gasteiger partial charge in [-0.05, 0) is 39.7 Å². The molecule has 0 radical (unpaired) electrons. The van der Waals surface area contributed by atoms with Gasteiger partial charge in [0.1, 0.15) is 21.9 Å². The number of halogens is 3. The van der Waals surface area contributed by atoms with Crippen molar-refractivity contribution in [3.05, 3.63) is 67.2 Å². The maximum atomic E-state index is 14.2. The van der Waals surface area contributed by atoms with E-state index in [4.69, 9.17) is 9.47 Å². The zero-order chi connectivity index (χ0) is 26.8. The molecule has 12 heteroatoms. The van der Waals surface area contributed by atoms with Gasteiger partial charge in [0.2, 0.25) is 0 Å². The van der Waals surface area contributed by atoms with Crippen LogP contribution in [0.2, 0.25) is 0 Å². The lowest BCUT2D eigenvalue weighted by molar-refractivity contribution is -0.155. The highest BCUT2D eigenvalue weighted by Gasteiger charge is 2.42. The van der Waals surface area contributed by atoms with Gasteiger partial charge in [0, 0.05) is 6.54 Å². The van der Waals surface area contributed by atoms with Crippen molar-refractivity contribution in [2.75, 3.05) is 6.61 Å². The SMILES string of the molecule is CCOC(=O)c1sc2c(c1C(F)(F)F)c(=O)n(CC(=O)OC(C)(C)C)c(=O)n2CCc1ccccc1. The number of esters is 2. The number of hydrogen-bond acceptors (Lipinski definition) is 7. The van der Waals surface area contributed by atoms with Crippen LogP contribution >= 0.6 is 11.3 Å². The molecule has 36 heavy (non-hydrogen) atoms. The van der Waals surface area contributed by atoms with Crippen molar-refractivity contribution < 1.29 is 32.2 Å². The smallest absolute Gasteiger partial charge is 0.418 e. The molecule has 8 nitrogen and oxygen atoms in total. The van der Waals surface area contributed by atoms with Gasteiger partial charge < -0.3 is 9.47 Å². The molecule has 0 spiro atoms. The fraction of sp³-hybridized carbons (Fsp3) is 0.417. The predicted octanol–water partition coefficient (Wildman–Crippen LogP) is 4.00. The van der Waals surface area contributed by atoms with Gasteiger partial charge in [-0.2, -0.15) is 13.2 Å². The van der Waals surface area contributed by atoms with Gasteiger partial charge in [0.15, 0.2) is 0 Å². The van der Waals surface area contributed by atoms with Crippen molar-refractivity contribution in [1.82, 2.24) is 9.13 Å². The highest BCUT2D eigenvalue weighted by atomic mass is 32.1. The standard InChI is InChI=1S/C24H25F3N2O6S/c1-5-34-21(32)18-17(24(25,26)27)16-19(31)29(13-15(30)35-23(2,3)4)22(33)28(20(16)36-18)12-11-14-9-7-6-8-10-14/h6-10H,5,11-13H2,1-4H3. The van der Waals surface area contributed by atoms with Crippen LogP contribution in [0, 0.1) is 0 Å². The maximum absolute atomic E-state index is 14.2. The molecule has 2 heterocycles. The summed E-state index contributed by atoms with van der Waals surface area (Å²) in [6.07, 6.45) is -4.86. The van der Waals surface area contributed by atoms with Crippen molar-refractivity contribution in [3.63, 3.8) is 0 Å². The van der Waals surface area contributed by atoms with Crippen molar-refractivity contribution in [3.8, 4) is 0 Å². The summed E-state index contributed by atoms with van der Waals surface area (Å²) in [6.45, 7) is 4.96. The molecule has 0 saturated heterocycles. The highest BCUT2D eigenvalue weighted by molar-refractivity contribution is 7.20. The molecule has 0 aliphatic rings. The van der Waals surface area contributed by atoms with Crippen molar-refractivity contribution in [1.29, 1.82) is 0 Å². The number of hydrogen-bond donors (Lipinski definition) is 0. The van der Waals surface area contributed by atoms with E-state index in [2.05, 4.69) is 0 Å². The van der Waals surface area contributed by atoms with Gasteiger partial charge in [-0.1, -0.05) is 30.3 Å². The van der Waals surface area contributed by atoms with E-state index in [1.54, 1.807) is 51.1 Å². The van der Waals surface area contributed by atoms with Crippen molar-refractivity contribution in [2.24, 2.45) is 0 Å². The summed E-state index contributed by atoms with van der Waals surface area (Å²) in [6, 6.07) is 8.87. The van der Waals surface area contributed by atoms with Crippen molar-refractivity contribution in [2.45, 2.75) is 59.0 Å². The molecule has 3 aromatic rings. The van der Waals surface area contributed by atoms with Gasteiger partial charge in [-0.25, -0.2) is 14.2 Å². The third-order valence-corrected chi connectivity index (χ3v) is 6.17. The van der Waals surface area contributed by atoms with E-state index in [-0.39, 0.29) is 24.4 Å². The van der Waals surface area contributed by atoms with Gasteiger partial charge in [-0.3, -0.25) is 14.2 Å². The molecule has 0 atom stereocenters. The maximum Gasteiger partial charge on any atom is 0.418 e. The summed E-state index contributed by atoms with van der Waals surface area (Å²) in [7, 11) is 0. The summed E-state index contributed by atoms with van der Waals surface area (Å²) in [5, 5.41) is -0.869. The largest absolute Gasteiger partial charge is 0.462 e. The van der Waals surface area contributed by atoms with Gasteiger partial charge in [0.25, 0.3) is 5.56 Å². The monoisotopic (exact) mass is 526 g/mol.